The number of hydrogen-bond acceptors (Lipinski definition) is 16. The van der Waals surface area contributed by atoms with E-state index in [4.69, 9.17) is 43.0 Å². The van der Waals surface area contributed by atoms with Gasteiger partial charge in [-0.05, 0) is 26.2 Å². The van der Waals surface area contributed by atoms with E-state index < -0.39 is 18.0 Å². The minimum absolute atomic E-state index is 0.0410. The van der Waals surface area contributed by atoms with E-state index in [0.29, 0.717) is 32.8 Å². The first kappa shape index (κ1) is 64.6. The van der Waals surface area contributed by atoms with E-state index in [1.807, 2.05) is 0 Å². The molecule has 0 spiro atoms. The van der Waals surface area contributed by atoms with Gasteiger partial charge in [-0.3, -0.25) is 33.6 Å². The molecule has 0 aliphatic carbocycles. The highest BCUT2D eigenvalue weighted by atomic mass is 16.5. The zero-order valence-corrected chi connectivity index (χ0v) is 41.0. The summed E-state index contributed by atoms with van der Waals surface area (Å²) in [4.78, 5) is 93.0. The zero-order chi connectivity index (χ0) is 50.8. The lowest BCUT2D eigenvalue weighted by atomic mass is 10.0. The van der Waals surface area contributed by atoms with Crippen molar-refractivity contribution in [3.63, 3.8) is 0 Å². The van der Waals surface area contributed by atoms with Gasteiger partial charge in [-0.15, -0.1) is 0 Å². The molecule has 0 aliphatic rings. The van der Waals surface area contributed by atoms with Crippen LogP contribution in [0.5, 0.6) is 0 Å². The third-order valence-corrected chi connectivity index (χ3v) is 9.60. The summed E-state index contributed by atoms with van der Waals surface area (Å²) in [5, 5.41) is 31.3. The van der Waals surface area contributed by atoms with Gasteiger partial charge in [0.1, 0.15) is 32.5 Å². The second-order valence-electron chi connectivity index (χ2n) is 15.9. The summed E-state index contributed by atoms with van der Waals surface area (Å²) < 4.78 is 42.2. The van der Waals surface area contributed by atoms with E-state index in [-0.39, 0.29) is 167 Å². The van der Waals surface area contributed by atoms with Crippen molar-refractivity contribution in [3.8, 4) is 0 Å². The first-order chi connectivity index (χ1) is 33.4. The van der Waals surface area contributed by atoms with Gasteiger partial charge in [0.05, 0.1) is 79.3 Å². The summed E-state index contributed by atoms with van der Waals surface area (Å²) >= 11 is 0. The summed E-state index contributed by atoms with van der Waals surface area (Å²) in [6.07, 6.45) is 12.6. The van der Waals surface area contributed by atoms with Crippen LogP contribution in [-0.4, -0.2) is 195 Å². The van der Waals surface area contributed by atoms with Gasteiger partial charge in [0.2, 0.25) is 29.5 Å². The molecule has 1 atom stereocenters. The summed E-state index contributed by atoms with van der Waals surface area (Å²) in [6, 6.07) is -1.16. The maximum absolute atomic E-state index is 12.3. The van der Waals surface area contributed by atoms with Crippen LogP contribution in [0.25, 0.3) is 0 Å². The molecule has 0 saturated carbocycles. The van der Waals surface area contributed by atoms with Gasteiger partial charge >= 0.3 is 11.9 Å². The first-order valence-electron chi connectivity index (χ1n) is 24.3. The molecule has 0 fully saturated rings. The Balaban J connectivity index is 3.59. The van der Waals surface area contributed by atoms with E-state index in [1.165, 1.54) is 19.8 Å². The normalized spacial score (nSPS) is 11.4. The number of carbonyl (C=O) groups excluding carboxylic acids is 6. The van der Waals surface area contributed by atoms with Crippen molar-refractivity contribution < 1.29 is 86.5 Å². The predicted octanol–water partition coefficient (Wildman–Crippen LogP) is 1.07. The molecule has 23 heteroatoms. The Morgan fingerprint density at radius 2 is 0.681 bits per heavy atom. The third-order valence-electron chi connectivity index (χ3n) is 9.60. The van der Waals surface area contributed by atoms with Crippen LogP contribution in [0, 0.1) is 0 Å². The lowest BCUT2D eigenvalue weighted by molar-refractivity contribution is -0.142. The van der Waals surface area contributed by atoms with Crippen molar-refractivity contribution in [2.75, 3.05) is 132 Å². The Hall–Kier alpha value is -4.36. The molecule has 400 valence electrons. The predicted molar refractivity (Wildman–Crippen MR) is 250 cm³/mol. The number of aliphatic carboxylic acids is 2. The highest BCUT2D eigenvalue weighted by Gasteiger charge is 2.21. The van der Waals surface area contributed by atoms with Gasteiger partial charge in [-0.25, -0.2) is 4.79 Å². The average molecular weight is 994 g/mol. The fourth-order valence-electron chi connectivity index (χ4n) is 6.01. The molecule has 0 bridgehead atoms. The zero-order valence-electron chi connectivity index (χ0n) is 41.0. The highest BCUT2D eigenvalue weighted by Crippen LogP contribution is 2.13. The van der Waals surface area contributed by atoms with Gasteiger partial charge in [-0.1, -0.05) is 64.2 Å². The molecule has 5 amide bonds. The van der Waals surface area contributed by atoms with E-state index in [0.717, 1.165) is 57.8 Å². The Labute approximate surface area is 407 Å². The Morgan fingerprint density at radius 3 is 1.03 bits per heavy atom. The molecule has 0 aromatic rings. The summed E-state index contributed by atoms with van der Waals surface area (Å²) in [5.74, 6) is -3.65. The topological polar surface area (TPSA) is 311 Å². The third kappa shape index (κ3) is 49.9. The lowest BCUT2D eigenvalue weighted by Crippen LogP contribution is -2.41. The van der Waals surface area contributed by atoms with Crippen LogP contribution >= 0.6 is 0 Å². The van der Waals surface area contributed by atoms with E-state index >= 15 is 0 Å². The molecular formula is C46H83N5O18. The molecular weight excluding hydrogens is 911 g/mol. The van der Waals surface area contributed by atoms with Gasteiger partial charge in [-0.2, -0.15) is 0 Å². The smallest absolute Gasteiger partial charge is 0.326 e. The molecule has 0 heterocycles. The second-order valence-corrected chi connectivity index (χ2v) is 15.9. The summed E-state index contributed by atoms with van der Waals surface area (Å²) in [5.41, 5.74) is 0. The van der Waals surface area contributed by atoms with Crippen LogP contribution in [0.15, 0.2) is 0 Å². The first-order valence-corrected chi connectivity index (χ1v) is 24.3. The van der Waals surface area contributed by atoms with Gasteiger partial charge < -0.3 is 74.7 Å². The Morgan fingerprint density at radius 1 is 0.362 bits per heavy atom. The van der Waals surface area contributed by atoms with Crippen molar-refractivity contribution in [1.82, 2.24) is 26.6 Å². The SMILES string of the molecule is CC(=O)COCCOCCNC(=O)COCCOCCNC(=O)COCCOCCNC(=O)COCCOCCNC(=O)CC[C@H](NC(=O)CCCCCCCCCCCCCCC(=O)O)C(=O)O. The number of amides is 5. The maximum Gasteiger partial charge on any atom is 0.326 e. The van der Waals surface area contributed by atoms with Crippen molar-refractivity contribution in [1.29, 1.82) is 0 Å². The molecule has 0 aromatic heterocycles. The fourth-order valence-corrected chi connectivity index (χ4v) is 6.01. The average Bonchev–Trinajstić information content (AvgIpc) is 3.30. The number of Topliss-reactive ketones (excluding diaryl/α,β-unsaturated/α-hetero) is 1. The van der Waals surface area contributed by atoms with Crippen LogP contribution in [0.1, 0.15) is 110 Å². The molecule has 7 N–H and O–H groups in total. The van der Waals surface area contributed by atoms with E-state index in [2.05, 4.69) is 26.6 Å². The number of nitrogens with one attached hydrogen (secondary N) is 5. The molecule has 69 heavy (non-hydrogen) atoms. The highest BCUT2D eigenvalue weighted by molar-refractivity contribution is 5.84. The number of hydrogen-bond donors (Lipinski definition) is 7. The number of carbonyl (C=O) groups is 8. The van der Waals surface area contributed by atoms with Gasteiger partial charge in [0.15, 0.2) is 5.78 Å². The number of carboxylic acid groups (broad SMARTS) is 2. The number of carboxylic acids is 2. The van der Waals surface area contributed by atoms with Crippen LogP contribution in [0.4, 0.5) is 0 Å². The fraction of sp³-hybridized carbons (Fsp3) is 0.826. The minimum atomic E-state index is -1.20. The van der Waals surface area contributed by atoms with Crippen LogP contribution in [0.3, 0.4) is 0 Å². The quantitative estimate of drug-likeness (QED) is 0.0419. The molecule has 0 rings (SSSR count). The largest absolute Gasteiger partial charge is 0.481 e. The van der Waals surface area contributed by atoms with Crippen LogP contribution in [0.2, 0.25) is 0 Å². The molecule has 23 nitrogen and oxygen atoms in total. The number of unbranched alkanes of at least 4 members (excludes halogenated alkanes) is 11. The minimum Gasteiger partial charge on any atom is -0.481 e. The van der Waals surface area contributed by atoms with Crippen LogP contribution in [-0.2, 0) is 76.3 Å². The van der Waals surface area contributed by atoms with Crippen molar-refractivity contribution in [2.45, 2.75) is 116 Å². The Bertz CT molecular complexity index is 1380. The maximum atomic E-state index is 12.3. The number of rotatable bonds is 52. The number of ketones is 1. The lowest BCUT2D eigenvalue weighted by Gasteiger charge is -2.14. The van der Waals surface area contributed by atoms with E-state index in [1.54, 1.807) is 0 Å². The van der Waals surface area contributed by atoms with Crippen molar-refractivity contribution in [3.05, 3.63) is 0 Å². The second kappa shape index (κ2) is 48.7. The van der Waals surface area contributed by atoms with Gasteiger partial charge in [0, 0.05) is 45.4 Å². The van der Waals surface area contributed by atoms with Gasteiger partial charge in [0.25, 0.3) is 0 Å². The monoisotopic (exact) mass is 994 g/mol. The van der Waals surface area contributed by atoms with Crippen LogP contribution < -0.4 is 26.6 Å². The van der Waals surface area contributed by atoms with E-state index in [9.17, 15) is 43.5 Å². The number of ether oxygens (including phenoxy) is 8. The molecule has 0 radical (unpaired) electrons. The molecule has 0 unspecified atom stereocenters. The molecule has 0 aromatic carbocycles. The summed E-state index contributed by atoms with van der Waals surface area (Å²) in [6.45, 7) is 4.85. The molecule has 0 aliphatic heterocycles. The molecule has 0 saturated heterocycles. The van der Waals surface area contributed by atoms with Crippen molar-refractivity contribution >= 4 is 47.3 Å². The Kier molecular flexibility index (Phi) is 45.6. The van der Waals surface area contributed by atoms with Crippen molar-refractivity contribution in [2.24, 2.45) is 0 Å². The standard InChI is InChI=1S/C46H83N5O18/c1-38(52)34-66-30-26-63-23-19-48-42(55)36-68-32-28-65-25-21-50-44(57)37-69-33-29-64-24-20-49-43(56)35-67-31-27-62-22-18-47-40(53)17-16-39(46(60)61)51-41(54)14-12-10-8-6-4-2-3-5-7-9-11-13-15-45(58)59/h39H,2-37H2,1H3,(H,47,53)(H,48,55)(H,49,56)(H,50,57)(H,51,54)(H,58,59)(H,60,61)/t39-/m0/s1. The summed E-state index contributed by atoms with van der Waals surface area (Å²) in [7, 11) is 0.